The minimum Gasteiger partial charge on any atom is -0.478 e. The molecule has 3 heterocycles. The topological polar surface area (TPSA) is 65.9 Å². The molecule has 0 saturated carbocycles. The molecule has 1 fully saturated rings. The van der Waals surface area contributed by atoms with Crippen LogP contribution in [0.15, 0.2) is 47.7 Å². The van der Waals surface area contributed by atoms with E-state index in [1.165, 1.54) is 0 Å². The number of rotatable bonds is 7. The summed E-state index contributed by atoms with van der Waals surface area (Å²) in [6.45, 7) is 10.0. The zero-order chi connectivity index (χ0) is 19.6. The van der Waals surface area contributed by atoms with Crippen LogP contribution in [-0.2, 0) is 6.54 Å². The van der Waals surface area contributed by atoms with E-state index in [0.29, 0.717) is 19.0 Å². The predicted molar refractivity (Wildman–Crippen MR) is 128 cm³/mol. The van der Waals surface area contributed by atoms with E-state index >= 15 is 0 Å². The van der Waals surface area contributed by atoms with Gasteiger partial charge in [-0.1, -0.05) is 19.1 Å². The van der Waals surface area contributed by atoms with Gasteiger partial charge in [0.1, 0.15) is 5.82 Å². The van der Waals surface area contributed by atoms with Crippen LogP contribution in [0.25, 0.3) is 0 Å². The van der Waals surface area contributed by atoms with Crippen LogP contribution in [0.2, 0.25) is 0 Å². The van der Waals surface area contributed by atoms with Gasteiger partial charge in [0.2, 0.25) is 5.88 Å². The Morgan fingerprint density at radius 3 is 2.55 bits per heavy atom. The van der Waals surface area contributed by atoms with Gasteiger partial charge in [0.15, 0.2) is 5.96 Å². The van der Waals surface area contributed by atoms with E-state index in [9.17, 15) is 0 Å². The fraction of sp³-hybridized carbons (Fsp3) is 0.476. The fourth-order valence-electron chi connectivity index (χ4n) is 3.08. The normalized spacial score (nSPS) is 14.3. The van der Waals surface area contributed by atoms with Crippen LogP contribution in [0.1, 0.15) is 25.8 Å². The number of nitrogens with one attached hydrogen (secondary N) is 1. The smallest absolute Gasteiger partial charge is 0.213 e. The lowest BCUT2D eigenvalue weighted by atomic mass is 10.3. The zero-order valence-corrected chi connectivity index (χ0v) is 19.6. The second kappa shape index (κ2) is 12.5. The van der Waals surface area contributed by atoms with Crippen LogP contribution >= 0.6 is 24.0 Å². The molecule has 1 saturated heterocycles. The number of halogens is 1. The van der Waals surface area contributed by atoms with Gasteiger partial charge in [-0.05, 0) is 31.0 Å². The van der Waals surface area contributed by atoms with E-state index in [0.717, 1.165) is 56.5 Å². The van der Waals surface area contributed by atoms with Gasteiger partial charge in [-0.15, -0.1) is 24.0 Å². The Balaban J connectivity index is 0.00000300. The molecular formula is C21H31IN6O. The minimum atomic E-state index is 0. The van der Waals surface area contributed by atoms with Crippen molar-refractivity contribution in [2.75, 3.05) is 44.2 Å². The van der Waals surface area contributed by atoms with Gasteiger partial charge in [-0.25, -0.2) is 15.0 Å². The van der Waals surface area contributed by atoms with E-state index in [1.54, 1.807) is 0 Å². The number of pyridine rings is 2. The monoisotopic (exact) mass is 510 g/mol. The van der Waals surface area contributed by atoms with Crippen molar-refractivity contribution in [3.8, 4) is 5.88 Å². The van der Waals surface area contributed by atoms with Crippen LogP contribution in [0.3, 0.4) is 0 Å². The molecule has 158 valence electrons. The lowest BCUT2D eigenvalue weighted by Gasteiger charge is -2.37. The highest BCUT2D eigenvalue weighted by atomic mass is 127. The Morgan fingerprint density at radius 1 is 1.10 bits per heavy atom. The first kappa shape index (κ1) is 23.2. The molecule has 0 amide bonds. The third-order valence-electron chi connectivity index (χ3n) is 4.55. The van der Waals surface area contributed by atoms with Gasteiger partial charge < -0.3 is 19.9 Å². The van der Waals surface area contributed by atoms with Crippen molar-refractivity contribution in [2.24, 2.45) is 4.99 Å². The quantitative estimate of drug-likeness (QED) is 0.351. The lowest BCUT2D eigenvalue weighted by Crippen LogP contribution is -2.52. The SMILES string of the molecule is CCCOc1ccc(CN=C(NCC)N2CCN(c3ccccn3)CC2)cn1.I. The Kier molecular flexibility index (Phi) is 9.96. The number of aliphatic imine (C=N–C) groups is 1. The van der Waals surface area contributed by atoms with Crippen LogP contribution < -0.4 is 15.0 Å². The largest absolute Gasteiger partial charge is 0.478 e. The molecule has 3 rings (SSSR count). The molecule has 0 aromatic carbocycles. The van der Waals surface area contributed by atoms with Crippen molar-refractivity contribution in [1.29, 1.82) is 0 Å². The van der Waals surface area contributed by atoms with Crippen molar-refractivity contribution >= 4 is 35.8 Å². The molecule has 0 atom stereocenters. The van der Waals surface area contributed by atoms with Gasteiger partial charge in [0.05, 0.1) is 13.2 Å². The summed E-state index contributed by atoms with van der Waals surface area (Å²) in [4.78, 5) is 18.3. The molecule has 0 spiro atoms. The van der Waals surface area contributed by atoms with Gasteiger partial charge in [0.25, 0.3) is 0 Å². The maximum absolute atomic E-state index is 5.54. The second-order valence-electron chi connectivity index (χ2n) is 6.69. The highest BCUT2D eigenvalue weighted by Gasteiger charge is 2.20. The molecule has 1 aliphatic heterocycles. The lowest BCUT2D eigenvalue weighted by molar-refractivity contribution is 0.305. The maximum Gasteiger partial charge on any atom is 0.213 e. The standard InChI is InChI=1S/C21H30N6O.HI/c1-3-15-28-20-9-8-18(16-24-20)17-25-21(22-4-2)27-13-11-26(12-14-27)19-7-5-6-10-23-19;/h5-10,16H,3-4,11-15,17H2,1-2H3,(H,22,25);1H. The highest BCUT2D eigenvalue weighted by Crippen LogP contribution is 2.13. The molecule has 0 aliphatic carbocycles. The molecule has 2 aromatic rings. The van der Waals surface area contributed by atoms with E-state index < -0.39 is 0 Å². The predicted octanol–water partition coefficient (Wildman–Crippen LogP) is 3.17. The van der Waals surface area contributed by atoms with Gasteiger partial charge in [0, 0.05) is 51.2 Å². The third kappa shape index (κ3) is 7.02. The first-order valence-corrected chi connectivity index (χ1v) is 10.1. The van der Waals surface area contributed by atoms with E-state index in [4.69, 9.17) is 9.73 Å². The minimum absolute atomic E-state index is 0. The van der Waals surface area contributed by atoms with E-state index in [-0.39, 0.29) is 24.0 Å². The molecule has 1 N–H and O–H groups in total. The number of piperazine rings is 1. The Morgan fingerprint density at radius 2 is 1.93 bits per heavy atom. The van der Waals surface area contributed by atoms with Crippen LogP contribution in [0.5, 0.6) is 5.88 Å². The summed E-state index contributed by atoms with van der Waals surface area (Å²) >= 11 is 0. The zero-order valence-electron chi connectivity index (χ0n) is 17.3. The van der Waals surface area contributed by atoms with Gasteiger partial charge >= 0.3 is 0 Å². The first-order chi connectivity index (χ1) is 13.8. The number of aromatic nitrogens is 2. The van der Waals surface area contributed by atoms with Crippen molar-refractivity contribution in [3.63, 3.8) is 0 Å². The molecule has 1 aliphatic rings. The number of guanidine groups is 1. The van der Waals surface area contributed by atoms with Crippen LogP contribution in [0, 0.1) is 0 Å². The molecule has 7 nitrogen and oxygen atoms in total. The van der Waals surface area contributed by atoms with Crippen molar-refractivity contribution in [3.05, 3.63) is 48.3 Å². The summed E-state index contributed by atoms with van der Waals surface area (Å²) in [6.07, 6.45) is 4.67. The van der Waals surface area contributed by atoms with E-state index in [1.807, 2.05) is 36.7 Å². The fourth-order valence-corrected chi connectivity index (χ4v) is 3.08. The number of hydrogen-bond acceptors (Lipinski definition) is 5. The van der Waals surface area contributed by atoms with Crippen LogP contribution in [0.4, 0.5) is 5.82 Å². The molecule has 0 unspecified atom stereocenters. The summed E-state index contributed by atoms with van der Waals surface area (Å²) < 4.78 is 5.54. The summed E-state index contributed by atoms with van der Waals surface area (Å²) in [5, 5.41) is 3.41. The molecule has 8 heteroatoms. The van der Waals surface area contributed by atoms with E-state index in [2.05, 4.69) is 45.0 Å². The average Bonchev–Trinajstić information content (AvgIpc) is 2.77. The van der Waals surface area contributed by atoms with Gasteiger partial charge in [-0.2, -0.15) is 0 Å². The third-order valence-corrected chi connectivity index (χ3v) is 4.55. The molecule has 0 radical (unpaired) electrons. The number of anilines is 1. The first-order valence-electron chi connectivity index (χ1n) is 10.1. The van der Waals surface area contributed by atoms with Gasteiger partial charge in [-0.3, -0.25) is 0 Å². The second-order valence-corrected chi connectivity index (χ2v) is 6.69. The summed E-state index contributed by atoms with van der Waals surface area (Å²) in [6, 6.07) is 10.00. The molecular weight excluding hydrogens is 479 g/mol. The molecule has 2 aromatic heterocycles. The summed E-state index contributed by atoms with van der Waals surface area (Å²) in [5.74, 6) is 2.67. The average molecular weight is 510 g/mol. The number of nitrogens with zero attached hydrogens (tertiary/aromatic N) is 5. The summed E-state index contributed by atoms with van der Waals surface area (Å²) in [7, 11) is 0. The Labute approximate surface area is 190 Å². The highest BCUT2D eigenvalue weighted by molar-refractivity contribution is 14.0. The van der Waals surface area contributed by atoms with Crippen molar-refractivity contribution in [1.82, 2.24) is 20.2 Å². The Bertz CT molecular complexity index is 733. The molecule has 0 bridgehead atoms. The molecule has 29 heavy (non-hydrogen) atoms. The number of ether oxygens (including phenoxy) is 1. The van der Waals surface area contributed by atoms with Crippen molar-refractivity contribution < 1.29 is 4.74 Å². The number of hydrogen-bond donors (Lipinski definition) is 1. The summed E-state index contributed by atoms with van der Waals surface area (Å²) in [5.41, 5.74) is 1.08. The van der Waals surface area contributed by atoms with Crippen molar-refractivity contribution in [2.45, 2.75) is 26.8 Å². The maximum atomic E-state index is 5.54. The van der Waals surface area contributed by atoms with Crippen LogP contribution in [-0.4, -0.2) is 60.2 Å². The Hall–Kier alpha value is -2.10.